The van der Waals surface area contributed by atoms with Crippen molar-refractivity contribution in [3.8, 4) is 11.5 Å². The van der Waals surface area contributed by atoms with Crippen molar-refractivity contribution in [1.29, 1.82) is 0 Å². The van der Waals surface area contributed by atoms with Gasteiger partial charge in [-0.3, -0.25) is 9.69 Å². The van der Waals surface area contributed by atoms with Crippen LogP contribution in [0.15, 0.2) is 42.5 Å². The number of benzene rings is 2. The number of amides is 1. The van der Waals surface area contributed by atoms with E-state index in [9.17, 15) is 4.79 Å². The Bertz CT molecular complexity index is 798. The number of piperidine rings is 1. The summed E-state index contributed by atoms with van der Waals surface area (Å²) in [5.74, 6) is 1.70. The minimum absolute atomic E-state index is 0.0337. The van der Waals surface area contributed by atoms with Gasteiger partial charge in [-0.15, -0.1) is 0 Å². The van der Waals surface area contributed by atoms with Gasteiger partial charge in [0, 0.05) is 6.54 Å². The fourth-order valence-corrected chi connectivity index (χ4v) is 3.95. The number of nitrogens with zero attached hydrogens (tertiary/aromatic N) is 1. The number of hydrogen-bond donors (Lipinski definition) is 1. The van der Waals surface area contributed by atoms with Gasteiger partial charge in [0.05, 0.1) is 26.7 Å². The zero-order valence-corrected chi connectivity index (χ0v) is 17.7. The number of carbonyl (C=O) groups is 1. The average molecular weight is 397 g/mol. The van der Waals surface area contributed by atoms with Gasteiger partial charge in [-0.2, -0.15) is 0 Å². The number of aryl methyl sites for hydroxylation is 1. The Morgan fingerprint density at radius 3 is 2.41 bits per heavy atom. The van der Waals surface area contributed by atoms with E-state index < -0.39 is 0 Å². The quantitative estimate of drug-likeness (QED) is 0.735. The molecule has 0 spiro atoms. The molecule has 0 saturated carbocycles. The zero-order chi connectivity index (χ0) is 20.6. The standard InChI is InChI=1S/C24H32N2O3/c1-18-7-8-19(15-23(18)29-3)16-24(27)25-17-22(26-13-5-4-6-14-26)20-9-11-21(28-2)12-10-20/h7-12,15,22H,4-6,13-14,16-17H2,1-3H3,(H,25,27). The van der Waals surface area contributed by atoms with Crippen LogP contribution in [0.4, 0.5) is 0 Å². The molecule has 1 amide bonds. The molecule has 1 N–H and O–H groups in total. The van der Waals surface area contributed by atoms with Crippen LogP contribution in [-0.4, -0.2) is 44.7 Å². The van der Waals surface area contributed by atoms with Gasteiger partial charge < -0.3 is 14.8 Å². The lowest BCUT2D eigenvalue weighted by Crippen LogP contribution is -2.41. The summed E-state index contributed by atoms with van der Waals surface area (Å²) in [6.07, 6.45) is 4.06. The molecule has 0 aromatic heterocycles. The van der Waals surface area contributed by atoms with Gasteiger partial charge in [-0.25, -0.2) is 0 Å². The molecule has 5 nitrogen and oxygen atoms in total. The van der Waals surface area contributed by atoms with Gasteiger partial charge in [0.2, 0.25) is 5.91 Å². The maximum atomic E-state index is 12.6. The second-order valence-electron chi connectivity index (χ2n) is 7.67. The largest absolute Gasteiger partial charge is 0.497 e. The molecule has 2 aromatic rings. The van der Waals surface area contributed by atoms with Crippen molar-refractivity contribution in [1.82, 2.24) is 10.2 Å². The summed E-state index contributed by atoms with van der Waals surface area (Å²) in [4.78, 5) is 15.1. The molecule has 0 radical (unpaired) electrons. The van der Waals surface area contributed by atoms with Gasteiger partial charge in [-0.1, -0.05) is 30.7 Å². The molecule has 1 saturated heterocycles. The first-order chi connectivity index (χ1) is 14.1. The molecule has 29 heavy (non-hydrogen) atoms. The first-order valence-electron chi connectivity index (χ1n) is 10.4. The third-order valence-corrected chi connectivity index (χ3v) is 5.66. The predicted molar refractivity (Wildman–Crippen MR) is 116 cm³/mol. The van der Waals surface area contributed by atoms with E-state index in [1.165, 1.54) is 24.8 Å². The van der Waals surface area contributed by atoms with Crippen molar-refractivity contribution in [2.24, 2.45) is 0 Å². The summed E-state index contributed by atoms with van der Waals surface area (Å²) in [5, 5.41) is 3.16. The highest BCUT2D eigenvalue weighted by Gasteiger charge is 2.23. The van der Waals surface area contributed by atoms with Gasteiger partial charge in [-0.05, 0) is 67.7 Å². The number of methoxy groups -OCH3 is 2. The van der Waals surface area contributed by atoms with E-state index in [2.05, 4.69) is 22.3 Å². The molecule has 0 bridgehead atoms. The lowest BCUT2D eigenvalue weighted by molar-refractivity contribution is -0.120. The molecule has 1 heterocycles. The van der Waals surface area contributed by atoms with Crippen LogP contribution in [0.1, 0.15) is 42.0 Å². The number of hydrogen-bond acceptors (Lipinski definition) is 4. The number of rotatable bonds is 8. The molecule has 156 valence electrons. The van der Waals surface area contributed by atoms with Crippen LogP contribution in [-0.2, 0) is 11.2 Å². The molecule has 1 fully saturated rings. The summed E-state index contributed by atoms with van der Waals surface area (Å²) in [7, 11) is 3.33. The summed E-state index contributed by atoms with van der Waals surface area (Å²) in [5.41, 5.74) is 3.25. The molecule has 0 aliphatic carbocycles. The first kappa shape index (κ1) is 21.2. The van der Waals surface area contributed by atoms with E-state index >= 15 is 0 Å². The third-order valence-electron chi connectivity index (χ3n) is 5.66. The summed E-state index contributed by atoms with van der Waals surface area (Å²) >= 11 is 0. The molecule has 1 atom stereocenters. The van der Waals surface area contributed by atoms with E-state index in [0.29, 0.717) is 13.0 Å². The second-order valence-corrected chi connectivity index (χ2v) is 7.67. The number of ether oxygens (including phenoxy) is 2. The van der Waals surface area contributed by atoms with Crippen molar-refractivity contribution < 1.29 is 14.3 Å². The van der Waals surface area contributed by atoms with Crippen LogP contribution in [0.2, 0.25) is 0 Å². The van der Waals surface area contributed by atoms with Crippen LogP contribution in [0.3, 0.4) is 0 Å². The number of carbonyl (C=O) groups excluding carboxylic acids is 1. The van der Waals surface area contributed by atoms with Crippen LogP contribution in [0.5, 0.6) is 11.5 Å². The molecule has 1 unspecified atom stereocenters. The second kappa shape index (κ2) is 10.3. The van der Waals surface area contributed by atoms with Crippen molar-refractivity contribution in [2.75, 3.05) is 33.9 Å². The Labute approximate surface area is 174 Å². The van der Waals surface area contributed by atoms with Crippen molar-refractivity contribution in [2.45, 2.75) is 38.6 Å². The lowest BCUT2D eigenvalue weighted by atomic mass is 10.0. The van der Waals surface area contributed by atoms with Crippen molar-refractivity contribution >= 4 is 5.91 Å². The van der Waals surface area contributed by atoms with Crippen LogP contribution < -0.4 is 14.8 Å². The smallest absolute Gasteiger partial charge is 0.224 e. The lowest BCUT2D eigenvalue weighted by Gasteiger charge is -2.35. The highest BCUT2D eigenvalue weighted by molar-refractivity contribution is 5.78. The molecule has 3 rings (SSSR count). The van der Waals surface area contributed by atoms with E-state index in [4.69, 9.17) is 9.47 Å². The zero-order valence-electron chi connectivity index (χ0n) is 17.7. The van der Waals surface area contributed by atoms with Gasteiger partial charge in [0.25, 0.3) is 0 Å². The highest BCUT2D eigenvalue weighted by Crippen LogP contribution is 2.26. The molecule has 5 heteroatoms. The predicted octanol–water partition coefficient (Wildman–Crippen LogP) is 3.90. The van der Waals surface area contributed by atoms with Gasteiger partial charge >= 0.3 is 0 Å². The number of nitrogens with one attached hydrogen (secondary N) is 1. The van der Waals surface area contributed by atoms with Crippen molar-refractivity contribution in [3.05, 3.63) is 59.2 Å². The average Bonchev–Trinajstić information content (AvgIpc) is 2.76. The first-order valence-corrected chi connectivity index (χ1v) is 10.4. The van der Waals surface area contributed by atoms with E-state index in [-0.39, 0.29) is 11.9 Å². The summed E-state index contributed by atoms with van der Waals surface area (Å²) in [6, 6.07) is 14.3. The monoisotopic (exact) mass is 396 g/mol. The Hall–Kier alpha value is -2.53. The van der Waals surface area contributed by atoms with Crippen LogP contribution in [0, 0.1) is 6.92 Å². The molecule has 2 aromatic carbocycles. The minimum Gasteiger partial charge on any atom is -0.497 e. The Kier molecular flexibility index (Phi) is 7.53. The molecule has 1 aliphatic rings. The van der Waals surface area contributed by atoms with E-state index in [1.807, 2.05) is 37.3 Å². The van der Waals surface area contributed by atoms with Gasteiger partial charge in [0.15, 0.2) is 0 Å². The fraction of sp³-hybridized carbons (Fsp3) is 0.458. The normalized spacial score (nSPS) is 15.6. The summed E-state index contributed by atoms with van der Waals surface area (Å²) < 4.78 is 10.7. The fourth-order valence-electron chi connectivity index (χ4n) is 3.95. The van der Waals surface area contributed by atoms with Crippen LogP contribution in [0.25, 0.3) is 0 Å². The summed E-state index contributed by atoms with van der Waals surface area (Å²) in [6.45, 7) is 4.75. The van der Waals surface area contributed by atoms with E-state index in [0.717, 1.165) is 35.7 Å². The Morgan fingerprint density at radius 2 is 1.76 bits per heavy atom. The Morgan fingerprint density at radius 1 is 1.03 bits per heavy atom. The maximum absolute atomic E-state index is 12.6. The maximum Gasteiger partial charge on any atom is 0.224 e. The van der Waals surface area contributed by atoms with Crippen molar-refractivity contribution in [3.63, 3.8) is 0 Å². The molecule has 1 aliphatic heterocycles. The minimum atomic E-state index is 0.0337. The highest BCUT2D eigenvalue weighted by atomic mass is 16.5. The Balaban J connectivity index is 1.66. The molecular weight excluding hydrogens is 364 g/mol. The van der Waals surface area contributed by atoms with Crippen LogP contribution >= 0.6 is 0 Å². The topological polar surface area (TPSA) is 50.8 Å². The van der Waals surface area contributed by atoms with E-state index in [1.54, 1.807) is 14.2 Å². The molecular formula is C24H32N2O3. The third kappa shape index (κ3) is 5.73. The SMILES string of the molecule is COc1ccc(C(CNC(=O)Cc2ccc(C)c(OC)c2)N2CCCCC2)cc1. The number of likely N-dealkylation sites (tertiary alicyclic amines) is 1. The van der Waals surface area contributed by atoms with Gasteiger partial charge in [0.1, 0.15) is 11.5 Å².